The van der Waals surface area contributed by atoms with Crippen LogP contribution in [0.4, 0.5) is 11.6 Å². The fourth-order valence-corrected chi connectivity index (χ4v) is 3.67. The zero-order valence-corrected chi connectivity index (χ0v) is 19.2. The first kappa shape index (κ1) is 22.3. The van der Waals surface area contributed by atoms with E-state index in [-0.39, 0.29) is 0 Å². The van der Waals surface area contributed by atoms with Crippen LogP contribution < -0.4 is 15.0 Å². The van der Waals surface area contributed by atoms with E-state index in [1.165, 1.54) is 0 Å². The number of methoxy groups -OCH3 is 1. The van der Waals surface area contributed by atoms with Crippen LogP contribution >= 0.6 is 0 Å². The molecule has 7 nitrogen and oxygen atoms in total. The fraction of sp³-hybridized carbons (Fsp3) is 0.609. The molecule has 30 heavy (non-hydrogen) atoms. The summed E-state index contributed by atoms with van der Waals surface area (Å²) >= 11 is 0. The van der Waals surface area contributed by atoms with Crippen molar-refractivity contribution in [1.29, 1.82) is 0 Å². The van der Waals surface area contributed by atoms with E-state index in [2.05, 4.69) is 50.0 Å². The molecule has 0 radical (unpaired) electrons. The maximum absolute atomic E-state index is 5.61. The van der Waals surface area contributed by atoms with Gasteiger partial charge in [-0.05, 0) is 37.8 Å². The largest absolute Gasteiger partial charge is 0.478 e. The van der Waals surface area contributed by atoms with Crippen molar-refractivity contribution in [2.75, 3.05) is 43.6 Å². The van der Waals surface area contributed by atoms with Crippen molar-refractivity contribution in [2.24, 2.45) is 0 Å². The minimum atomic E-state index is 0.342. The van der Waals surface area contributed by atoms with Gasteiger partial charge < -0.3 is 19.7 Å². The molecule has 3 heterocycles. The molecule has 1 saturated heterocycles. The maximum Gasteiger partial charge on any atom is 0.257 e. The van der Waals surface area contributed by atoms with Crippen molar-refractivity contribution in [2.45, 2.75) is 59.4 Å². The summed E-state index contributed by atoms with van der Waals surface area (Å²) in [5, 5.41) is 3.48. The minimum absolute atomic E-state index is 0.342. The van der Waals surface area contributed by atoms with Crippen molar-refractivity contribution >= 4 is 11.6 Å². The van der Waals surface area contributed by atoms with Gasteiger partial charge in [-0.2, -0.15) is 0 Å². The van der Waals surface area contributed by atoms with Crippen LogP contribution in [0, 0.1) is 6.92 Å². The van der Waals surface area contributed by atoms with Gasteiger partial charge in [-0.15, -0.1) is 0 Å². The SMILES string of the molecule is CCC(CC)Nc1nc(C)c(-c2ccc(C(C)C)nc2N2CCOCC2)nc1OC. The summed E-state index contributed by atoms with van der Waals surface area (Å²) in [6, 6.07) is 4.56. The molecule has 1 fully saturated rings. The van der Waals surface area contributed by atoms with Crippen LogP contribution in [0.3, 0.4) is 0 Å². The minimum Gasteiger partial charge on any atom is -0.478 e. The Labute approximate surface area is 180 Å². The lowest BCUT2D eigenvalue weighted by Crippen LogP contribution is -2.37. The number of ether oxygens (including phenoxy) is 2. The Balaban J connectivity index is 2.07. The first-order valence-electron chi connectivity index (χ1n) is 11.0. The first-order valence-corrected chi connectivity index (χ1v) is 11.0. The topological polar surface area (TPSA) is 72.4 Å². The van der Waals surface area contributed by atoms with E-state index < -0.39 is 0 Å². The highest BCUT2D eigenvalue weighted by Crippen LogP contribution is 2.35. The van der Waals surface area contributed by atoms with Crippen LogP contribution in [0.15, 0.2) is 12.1 Å². The molecule has 0 atom stereocenters. The van der Waals surface area contributed by atoms with Gasteiger partial charge in [0.15, 0.2) is 5.82 Å². The molecule has 7 heteroatoms. The number of nitrogens with zero attached hydrogens (tertiary/aromatic N) is 4. The van der Waals surface area contributed by atoms with E-state index in [1.54, 1.807) is 7.11 Å². The van der Waals surface area contributed by atoms with Crippen LogP contribution in [0.25, 0.3) is 11.3 Å². The van der Waals surface area contributed by atoms with Crippen LogP contribution in [0.5, 0.6) is 5.88 Å². The molecule has 2 aromatic rings. The number of hydrogen-bond donors (Lipinski definition) is 1. The molecule has 0 spiro atoms. The molecule has 1 aliphatic rings. The summed E-state index contributed by atoms with van der Waals surface area (Å²) < 4.78 is 11.2. The summed E-state index contributed by atoms with van der Waals surface area (Å²) in [5.41, 5.74) is 3.73. The molecule has 1 N–H and O–H groups in total. The summed E-state index contributed by atoms with van der Waals surface area (Å²) in [6.45, 7) is 13.7. The molecule has 0 saturated carbocycles. The smallest absolute Gasteiger partial charge is 0.257 e. The second-order valence-electron chi connectivity index (χ2n) is 8.03. The number of rotatable bonds is 8. The lowest BCUT2D eigenvalue weighted by molar-refractivity contribution is 0.122. The Bertz CT molecular complexity index is 846. The lowest BCUT2D eigenvalue weighted by Gasteiger charge is -2.30. The van der Waals surface area contributed by atoms with Gasteiger partial charge in [0.25, 0.3) is 5.88 Å². The van der Waals surface area contributed by atoms with Crippen LogP contribution in [-0.2, 0) is 4.74 Å². The molecular formula is C23H35N5O2. The first-order chi connectivity index (χ1) is 14.5. The van der Waals surface area contributed by atoms with Gasteiger partial charge in [-0.25, -0.2) is 15.0 Å². The molecule has 0 bridgehead atoms. The highest BCUT2D eigenvalue weighted by Gasteiger charge is 2.23. The molecular weight excluding hydrogens is 378 g/mol. The molecule has 0 amide bonds. The quantitative estimate of drug-likeness (QED) is 0.687. The molecule has 0 aromatic carbocycles. The average molecular weight is 414 g/mol. The molecule has 0 aliphatic carbocycles. The third kappa shape index (κ3) is 4.83. The van der Waals surface area contributed by atoms with Crippen LogP contribution in [-0.4, -0.2) is 54.4 Å². The molecule has 164 valence electrons. The standard InChI is InChI=1S/C23H35N5O2/c1-7-17(8-2)25-21-23(29-6)27-20(16(5)24-21)18-9-10-19(15(3)4)26-22(18)28-11-13-30-14-12-28/h9-10,15,17H,7-8,11-14H2,1-6H3,(H,24,25). The monoisotopic (exact) mass is 413 g/mol. The zero-order chi connectivity index (χ0) is 21.7. The predicted molar refractivity (Wildman–Crippen MR) is 122 cm³/mol. The van der Waals surface area contributed by atoms with Gasteiger partial charge in [0.1, 0.15) is 5.82 Å². The third-order valence-electron chi connectivity index (χ3n) is 5.61. The predicted octanol–water partition coefficient (Wildman–Crippen LogP) is 4.42. The Morgan fingerprint density at radius 2 is 1.80 bits per heavy atom. The lowest BCUT2D eigenvalue weighted by atomic mass is 10.1. The molecule has 2 aromatic heterocycles. The normalized spacial score (nSPS) is 14.5. The van der Waals surface area contributed by atoms with E-state index in [0.717, 1.165) is 54.4 Å². The molecule has 3 rings (SSSR count). The third-order valence-corrected chi connectivity index (χ3v) is 5.61. The number of morpholine rings is 1. The summed E-state index contributed by atoms with van der Waals surface area (Å²) in [7, 11) is 1.64. The van der Waals surface area contributed by atoms with Crippen molar-refractivity contribution in [3.05, 3.63) is 23.5 Å². The summed E-state index contributed by atoms with van der Waals surface area (Å²) in [4.78, 5) is 17.0. The van der Waals surface area contributed by atoms with Gasteiger partial charge >= 0.3 is 0 Å². The van der Waals surface area contributed by atoms with Crippen molar-refractivity contribution in [3.8, 4) is 17.1 Å². The van der Waals surface area contributed by atoms with Gasteiger partial charge in [0.2, 0.25) is 0 Å². The van der Waals surface area contributed by atoms with E-state index in [1.807, 2.05) is 6.92 Å². The number of nitrogens with one attached hydrogen (secondary N) is 1. The number of anilines is 2. The molecule has 0 unspecified atom stereocenters. The molecule has 1 aliphatic heterocycles. The fourth-order valence-electron chi connectivity index (χ4n) is 3.67. The Morgan fingerprint density at radius 1 is 1.10 bits per heavy atom. The summed E-state index contributed by atoms with van der Waals surface area (Å²) in [5.74, 6) is 2.52. The Morgan fingerprint density at radius 3 is 2.40 bits per heavy atom. The van der Waals surface area contributed by atoms with Crippen LogP contribution in [0.2, 0.25) is 0 Å². The van der Waals surface area contributed by atoms with E-state index in [9.17, 15) is 0 Å². The number of aryl methyl sites for hydroxylation is 1. The second kappa shape index (κ2) is 10.1. The van der Waals surface area contributed by atoms with E-state index >= 15 is 0 Å². The Hall–Kier alpha value is -2.41. The zero-order valence-electron chi connectivity index (χ0n) is 19.2. The van der Waals surface area contributed by atoms with E-state index in [0.29, 0.717) is 36.9 Å². The maximum atomic E-state index is 5.61. The van der Waals surface area contributed by atoms with Crippen molar-refractivity contribution in [3.63, 3.8) is 0 Å². The summed E-state index contributed by atoms with van der Waals surface area (Å²) in [6.07, 6.45) is 2.04. The highest BCUT2D eigenvalue weighted by molar-refractivity contribution is 5.76. The highest BCUT2D eigenvalue weighted by atomic mass is 16.5. The Kier molecular flexibility index (Phi) is 7.48. The van der Waals surface area contributed by atoms with Gasteiger partial charge in [-0.1, -0.05) is 27.7 Å². The average Bonchev–Trinajstić information content (AvgIpc) is 2.77. The van der Waals surface area contributed by atoms with Crippen LogP contribution in [0.1, 0.15) is 57.8 Å². The van der Waals surface area contributed by atoms with Gasteiger partial charge in [-0.3, -0.25) is 0 Å². The van der Waals surface area contributed by atoms with Crippen molar-refractivity contribution < 1.29 is 9.47 Å². The van der Waals surface area contributed by atoms with E-state index in [4.69, 9.17) is 24.4 Å². The van der Waals surface area contributed by atoms with Gasteiger partial charge in [0, 0.05) is 30.4 Å². The number of aromatic nitrogens is 3. The number of hydrogen-bond acceptors (Lipinski definition) is 7. The number of pyridine rings is 1. The van der Waals surface area contributed by atoms with Gasteiger partial charge in [0.05, 0.1) is 31.7 Å². The second-order valence-corrected chi connectivity index (χ2v) is 8.03. The van der Waals surface area contributed by atoms with Crippen molar-refractivity contribution in [1.82, 2.24) is 15.0 Å².